The highest BCUT2D eigenvalue weighted by Crippen LogP contribution is 2.27. The second kappa shape index (κ2) is 9.72. The van der Waals surface area contributed by atoms with Crippen LogP contribution in [0, 0.1) is 13.8 Å². The summed E-state index contributed by atoms with van der Waals surface area (Å²) in [4.78, 5) is 12.1. The van der Waals surface area contributed by atoms with Crippen LogP contribution in [0.2, 0.25) is 5.02 Å². The second-order valence-corrected chi connectivity index (χ2v) is 7.34. The Balaban J connectivity index is 1.92. The van der Waals surface area contributed by atoms with E-state index in [0.29, 0.717) is 16.7 Å². The number of anilines is 1. The third kappa shape index (κ3) is 5.94. The van der Waals surface area contributed by atoms with Crippen LogP contribution in [0.5, 0.6) is 5.75 Å². The van der Waals surface area contributed by atoms with Gasteiger partial charge in [-0.2, -0.15) is 0 Å². The molecule has 2 aromatic rings. The van der Waals surface area contributed by atoms with E-state index in [0.717, 1.165) is 23.2 Å². The number of carbonyl (C=O) groups is 1. The fourth-order valence-electron chi connectivity index (χ4n) is 2.72. The Morgan fingerprint density at radius 2 is 1.85 bits per heavy atom. The van der Waals surface area contributed by atoms with Gasteiger partial charge in [0, 0.05) is 10.7 Å². The summed E-state index contributed by atoms with van der Waals surface area (Å²) in [6.07, 6.45) is 1.02. The van der Waals surface area contributed by atoms with Crippen molar-refractivity contribution < 1.29 is 9.53 Å². The van der Waals surface area contributed by atoms with E-state index < -0.39 is 0 Å². The molecule has 0 saturated heterocycles. The molecule has 0 aliphatic rings. The molecule has 4 nitrogen and oxygen atoms in total. The van der Waals surface area contributed by atoms with Crippen molar-refractivity contribution in [3.63, 3.8) is 0 Å². The molecule has 0 radical (unpaired) electrons. The van der Waals surface area contributed by atoms with Crippen molar-refractivity contribution in [3.8, 4) is 5.75 Å². The van der Waals surface area contributed by atoms with Crippen LogP contribution >= 0.6 is 23.8 Å². The van der Waals surface area contributed by atoms with E-state index in [4.69, 9.17) is 28.6 Å². The summed E-state index contributed by atoms with van der Waals surface area (Å²) in [7, 11) is 0. The van der Waals surface area contributed by atoms with Gasteiger partial charge in [0.05, 0.1) is 0 Å². The minimum absolute atomic E-state index is 0.130. The third-order valence-electron chi connectivity index (χ3n) is 4.39. The number of hydrogen-bond donors (Lipinski definition) is 2. The summed E-state index contributed by atoms with van der Waals surface area (Å²) in [6.45, 7) is 7.96. The fraction of sp³-hybridized carbons (Fsp3) is 0.333. The van der Waals surface area contributed by atoms with Gasteiger partial charge in [0.2, 0.25) is 0 Å². The highest BCUT2D eigenvalue weighted by atomic mass is 35.5. The van der Waals surface area contributed by atoms with Gasteiger partial charge in [0.15, 0.2) is 11.7 Å². The van der Waals surface area contributed by atoms with Crippen LogP contribution in [0.15, 0.2) is 36.4 Å². The van der Waals surface area contributed by atoms with Gasteiger partial charge in [0.1, 0.15) is 5.75 Å². The Kier molecular flexibility index (Phi) is 7.63. The maximum absolute atomic E-state index is 12.1. The fourth-order valence-corrected chi connectivity index (χ4v) is 3.05. The predicted molar refractivity (Wildman–Crippen MR) is 116 cm³/mol. The van der Waals surface area contributed by atoms with Crippen LogP contribution in [0.3, 0.4) is 0 Å². The van der Waals surface area contributed by atoms with E-state index in [1.165, 1.54) is 5.56 Å². The molecule has 0 saturated carbocycles. The minimum Gasteiger partial charge on any atom is -0.484 e. The lowest BCUT2D eigenvalue weighted by atomic mass is 9.97. The molecule has 2 rings (SSSR count). The van der Waals surface area contributed by atoms with Gasteiger partial charge < -0.3 is 10.1 Å². The number of benzene rings is 2. The first-order valence-corrected chi connectivity index (χ1v) is 9.69. The zero-order chi connectivity index (χ0) is 20.0. The molecule has 0 unspecified atom stereocenters. The van der Waals surface area contributed by atoms with E-state index in [9.17, 15) is 4.79 Å². The van der Waals surface area contributed by atoms with Crippen molar-refractivity contribution in [2.24, 2.45) is 0 Å². The normalized spacial score (nSPS) is 11.6. The van der Waals surface area contributed by atoms with Crippen molar-refractivity contribution in [2.75, 3.05) is 11.9 Å². The summed E-state index contributed by atoms with van der Waals surface area (Å²) >= 11 is 11.4. The van der Waals surface area contributed by atoms with Crippen molar-refractivity contribution in [1.82, 2.24) is 5.32 Å². The largest absolute Gasteiger partial charge is 0.484 e. The molecule has 0 bridgehead atoms. The number of carbonyl (C=O) groups excluding carboxylic acids is 1. The molecule has 0 aliphatic carbocycles. The molecule has 1 amide bonds. The molecule has 1 atom stereocenters. The van der Waals surface area contributed by atoms with E-state index in [-0.39, 0.29) is 17.6 Å². The van der Waals surface area contributed by atoms with Crippen LogP contribution in [-0.4, -0.2) is 17.6 Å². The zero-order valence-corrected chi connectivity index (χ0v) is 17.6. The Morgan fingerprint density at radius 3 is 2.48 bits per heavy atom. The quantitative estimate of drug-likeness (QED) is 0.636. The molecule has 0 fully saturated rings. The molecule has 0 aromatic heterocycles. The van der Waals surface area contributed by atoms with Crippen LogP contribution in [-0.2, 0) is 4.79 Å². The molecule has 0 aliphatic heterocycles. The third-order valence-corrected chi connectivity index (χ3v) is 5.19. The first-order chi connectivity index (χ1) is 12.8. The van der Waals surface area contributed by atoms with Crippen molar-refractivity contribution in [3.05, 3.63) is 58.1 Å². The Morgan fingerprint density at radius 1 is 1.22 bits per heavy atom. The Labute approximate surface area is 171 Å². The summed E-state index contributed by atoms with van der Waals surface area (Å²) < 4.78 is 5.56. The molecule has 2 aromatic carbocycles. The first-order valence-electron chi connectivity index (χ1n) is 8.91. The number of halogens is 1. The highest BCUT2D eigenvalue weighted by Gasteiger charge is 2.12. The van der Waals surface area contributed by atoms with Gasteiger partial charge in [-0.15, -0.1) is 0 Å². The summed E-state index contributed by atoms with van der Waals surface area (Å²) in [5.41, 5.74) is 3.89. The summed E-state index contributed by atoms with van der Waals surface area (Å²) in [5.74, 6) is 0.677. The van der Waals surface area contributed by atoms with Crippen LogP contribution in [0.1, 0.15) is 42.9 Å². The lowest BCUT2D eigenvalue weighted by Gasteiger charge is -2.17. The SMILES string of the molecule is CC[C@H](C)c1ccccc1NC(=S)NC(=O)COc1cc(C)c(Cl)c(C)c1. The van der Waals surface area contributed by atoms with Crippen LogP contribution in [0.4, 0.5) is 5.69 Å². The lowest BCUT2D eigenvalue weighted by molar-refractivity contribution is -0.121. The molecule has 0 heterocycles. The van der Waals surface area contributed by atoms with Crippen molar-refractivity contribution in [2.45, 2.75) is 40.0 Å². The van der Waals surface area contributed by atoms with Gasteiger partial charge in [-0.05, 0) is 73.3 Å². The molecular weight excluding hydrogens is 380 g/mol. The van der Waals surface area contributed by atoms with Gasteiger partial charge >= 0.3 is 0 Å². The number of para-hydroxylation sites is 1. The predicted octanol–water partition coefficient (Wildman–Crippen LogP) is 5.36. The minimum atomic E-state index is -0.321. The number of aryl methyl sites for hydroxylation is 2. The smallest absolute Gasteiger partial charge is 0.264 e. The van der Waals surface area contributed by atoms with Crippen LogP contribution < -0.4 is 15.4 Å². The lowest BCUT2D eigenvalue weighted by Crippen LogP contribution is -2.37. The number of thiocarbonyl (C=S) groups is 1. The molecule has 2 N–H and O–H groups in total. The number of amides is 1. The van der Waals surface area contributed by atoms with Gasteiger partial charge in [0.25, 0.3) is 5.91 Å². The topological polar surface area (TPSA) is 50.4 Å². The molecule has 27 heavy (non-hydrogen) atoms. The van der Waals surface area contributed by atoms with Crippen molar-refractivity contribution in [1.29, 1.82) is 0 Å². The van der Waals surface area contributed by atoms with Gasteiger partial charge in [-0.1, -0.05) is 43.6 Å². The van der Waals surface area contributed by atoms with Crippen LogP contribution in [0.25, 0.3) is 0 Å². The zero-order valence-electron chi connectivity index (χ0n) is 16.1. The average Bonchev–Trinajstić information content (AvgIpc) is 2.64. The molecule has 0 spiro atoms. The summed E-state index contributed by atoms with van der Waals surface area (Å²) in [6, 6.07) is 11.6. The second-order valence-electron chi connectivity index (χ2n) is 6.56. The van der Waals surface area contributed by atoms with E-state index in [1.54, 1.807) is 0 Å². The van der Waals surface area contributed by atoms with Gasteiger partial charge in [-0.3, -0.25) is 10.1 Å². The molecule has 6 heteroatoms. The Hall–Kier alpha value is -2.11. The number of ether oxygens (including phenoxy) is 1. The van der Waals surface area contributed by atoms with E-state index in [2.05, 4.69) is 30.5 Å². The maximum Gasteiger partial charge on any atom is 0.264 e. The number of hydrogen-bond acceptors (Lipinski definition) is 3. The van der Waals surface area contributed by atoms with Gasteiger partial charge in [-0.25, -0.2) is 0 Å². The number of rotatable bonds is 6. The Bertz CT molecular complexity index is 816. The standard InChI is InChI=1S/C21H25ClN2O2S/c1-5-13(2)17-8-6-7-9-18(17)23-21(27)24-19(25)12-26-16-10-14(3)20(22)15(4)11-16/h6-11,13H,5,12H2,1-4H3,(H2,23,24,25,27)/t13-/m0/s1. The van der Waals surface area contributed by atoms with E-state index >= 15 is 0 Å². The highest BCUT2D eigenvalue weighted by molar-refractivity contribution is 7.80. The number of nitrogens with one attached hydrogen (secondary N) is 2. The van der Waals surface area contributed by atoms with Crippen molar-refractivity contribution >= 4 is 40.5 Å². The first kappa shape index (κ1) is 21.2. The summed E-state index contributed by atoms with van der Waals surface area (Å²) in [5, 5.41) is 6.72. The molecule has 144 valence electrons. The monoisotopic (exact) mass is 404 g/mol. The molecular formula is C21H25ClN2O2S. The van der Waals surface area contributed by atoms with E-state index in [1.807, 2.05) is 44.2 Å². The average molecular weight is 405 g/mol. The maximum atomic E-state index is 12.1.